The number of hydrogen-bond acceptors (Lipinski definition) is 2. The fourth-order valence-corrected chi connectivity index (χ4v) is 1.72. The maximum Gasteiger partial charge on any atom is 0.416 e. The van der Waals surface area contributed by atoms with Gasteiger partial charge in [0.15, 0.2) is 0 Å². The molecule has 1 aliphatic heterocycles. The molecule has 0 aromatic heterocycles. The van der Waals surface area contributed by atoms with Gasteiger partial charge in [-0.05, 0) is 24.1 Å². The monoisotopic (exact) mass is 259 g/mol. The lowest BCUT2D eigenvalue weighted by Crippen LogP contribution is -2.28. The fourth-order valence-electron chi connectivity index (χ4n) is 1.72. The summed E-state index contributed by atoms with van der Waals surface area (Å²) in [7, 11) is 0. The Morgan fingerprint density at radius 1 is 1.28 bits per heavy atom. The van der Waals surface area contributed by atoms with Gasteiger partial charge < -0.3 is 0 Å². The van der Waals surface area contributed by atoms with Crippen molar-refractivity contribution in [2.75, 3.05) is 13.2 Å². The summed E-state index contributed by atoms with van der Waals surface area (Å²) in [6.45, 7) is 1.05. The van der Waals surface area contributed by atoms with Crippen molar-refractivity contribution >= 4 is 5.91 Å². The number of carbonyl (C=O) groups excluding carboxylic acids is 1. The van der Waals surface area contributed by atoms with E-state index in [1.54, 1.807) is 0 Å². The Morgan fingerprint density at radius 3 is 2.44 bits per heavy atom. The van der Waals surface area contributed by atoms with Crippen LogP contribution in [0.1, 0.15) is 17.5 Å². The van der Waals surface area contributed by atoms with Crippen molar-refractivity contribution in [2.24, 2.45) is 0 Å². The maximum absolute atomic E-state index is 12.3. The smallest absolute Gasteiger partial charge is 0.272 e. The lowest BCUT2D eigenvalue weighted by Gasteiger charge is -2.14. The van der Waals surface area contributed by atoms with Crippen LogP contribution in [0.3, 0.4) is 0 Å². The number of rotatable bonds is 2. The van der Waals surface area contributed by atoms with Gasteiger partial charge in [0, 0.05) is 0 Å². The first-order chi connectivity index (χ1) is 8.47. The van der Waals surface area contributed by atoms with Crippen LogP contribution in [0.25, 0.3) is 0 Å². The molecule has 0 atom stereocenters. The van der Waals surface area contributed by atoms with E-state index >= 15 is 0 Å². The molecule has 0 bridgehead atoms. The van der Waals surface area contributed by atoms with Crippen LogP contribution in [0.15, 0.2) is 24.3 Å². The molecule has 1 aliphatic rings. The molecule has 1 amide bonds. The molecule has 0 unspecified atom stereocenters. The number of amides is 1. The average molecular weight is 259 g/mol. The van der Waals surface area contributed by atoms with Crippen LogP contribution in [-0.4, -0.2) is 24.1 Å². The molecule has 0 saturated carbocycles. The van der Waals surface area contributed by atoms with E-state index in [-0.39, 0.29) is 12.3 Å². The Balaban J connectivity index is 2.00. The van der Waals surface area contributed by atoms with Crippen LogP contribution in [-0.2, 0) is 22.2 Å². The highest BCUT2D eigenvalue weighted by Gasteiger charge is 2.30. The minimum absolute atomic E-state index is 0.0537. The molecule has 18 heavy (non-hydrogen) atoms. The van der Waals surface area contributed by atoms with Crippen LogP contribution in [0, 0.1) is 0 Å². The summed E-state index contributed by atoms with van der Waals surface area (Å²) in [5, 5.41) is 1.26. The molecule has 1 aromatic carbocycles. The summed E-state index contributed by atoms with van der Waals surface area (Å²) in [5.41, 5.74) is -0.167. The molecule has 2 rings (SSSR count). The van der Waals surface area contributed by atoms with E-state index < -0.39 is 11.7 Å². The summed E-state index contributed by atoms with van der Waals surface area (Å²) in [5.74, 6) is -0.229. The molecule has 0 radical (unpaired) electrons. The van der Waals surface area contributed by atoms with Gasteiger partial charge in [-0.25, -0.2) is 5.06 Å². The fraction of sp³-hybridized carbons (Fsp3) is 0.417. The van der Waals surface area contributed by atoms with E-state index in [1.807, 2.05) is 0 Å². The number of hydrogen-bond donors (Lipinski definition) is 0. The van der Waals surface area contributed by atoms with Gasteiger partial charge in [-0.2, -0.15) is 13.2 Å². The number of nitrogens with zero attached hydrogens (tertiary/aromatic N) is 1. The first-order valence-corrected chi connectivity index (χ1v) is 5.56. The van der Waals surface area contributed by atoms with E-state index in [0.717, 1.165) is 18.6 Å². The lowest BCUT2D eigenvalue weighted by molar-refractivity contribution is -0.167. The number of alkyl halides is 3. The number of carbonyl (C=O) groups is 1. The Bertz CT molecular complexity index is 422. The quantitative estimate of drug-likeness (QED) is 0.816. The van der Waals surface area contributed by atoms with Crippen molar-refractivity contribution in [1.29, 1.82) is 0 Å². The van der Waals surface area contributed by atoms with Crippen LogP contribution in [0.4, 0.5) is 13.2 Å². The first kappa shape index (κ1) is 12.9. The van der Waals surface area contributed by atoms with Crippen LogP contribution in [0.2, 0.25) is 0 Å². The second-order valence-corrected chi connectivity index (χ2v) is 4.05. The molecule has 98 valence electrons. The van der Waals surface area contributed by atoms with Crippen molar-refractivity contribution in [3.8, 4) is 0 Å². The van der Waals surface area contributed by atoms with Crippen molar-refractivity contribution in [2.45, 2.75) is 19.0 Å². The summed E-state index contributed by atoms with van der Waals surface area (Å²) in [4.78, 5) is 16.7. The molecule has 6 heteroatoms. The van der Waals surface area contributed by atoms with E-state index in [1.165, 1.54) is 17.2 Å². The van der Waals surface area contributed by atoms with Gasteiger partial charge in [0.05, 0.1) is 25.1 Å². The minimum atomic E-state index is -4.35. The molecule has 1 saturated heterocycles. The third kappa shape index (κ3) is 3.01. The van der Waals surface area contributed by atoms with Crippen molar-refractivity contribution in [3.63, 3.8) is 0 Å². The molecule has 1 heterocycles. The molecule has 0 aliphatic carbocycles. The third-order valence-corrected chi connectivity index (χ3v) is 2.67. The SMILES string of the molecule is O=C(Cc1ccc(C(F)(F)F)cc1)N1CCCO1. The largest absolute Gasteiger partial charge is 0.416 e. The number of hydroxylamine groups is 2. The molecule has 1 fully saturated rings. The van der Waals surface area contributed by atoms with E-state index in [2.05, 4.69) is 0 Å². The van der Waals surface area contributed by atoms with E-state index in [9.17, 15) is 18.0 Å². The zero-order valence-electron chi connectivity index (χ0n) is 9.54. The van der Waals surface area contributed by atoms with Gasteiger partial charge >= 0.3 is 6.18 Å². The third-order valence-electron chi connectivity index (χ3n) is 2.67. The summed E-state index contributed by atoms with van der Waals surface area (Å²) in [6.07, 6.45) is -3.50. The molecule has 0 spiro atoms. The number of benzene rings is 1. The van der Waals surface area contributed by atoms with Crippen LogP contribution in [0.5, 0.6) is 0 Å². The molecule has 1 aromatic rings. The molecular formula is C12H12F3NO2. The standard InChI is InChI=1S/C12H12F3NO2/c13-12(14,15)10-4-2-9(3-5-10)8-11(17)16-6-1-7-18-16/h2-5H,1,6-8H2. The maximum atomic E-state index is 12.3. The Morgan fingerprint density at radius 2 is 1.94 bits per heavy atom. The predicted molar refractivity (Wildman–Crippen MR) is 57.4 cm³/mol. The Labute approximate surface area is 102 Å². The second-order valence-electron chi connectivity index (χ2n) is 4.05. The van der Waals surface area contributed by atoms with Crippen LogP contribution >= 0.6 is 0 Å². The zero-order chi connectivity index (χ0) is 13.2. The predicted octanol–water partition coefficient (Wildman–Crippen LogP) is 2.41. The highest BCUT2D eigenvalue weighted by Crippen LogP contribution is 2.29. The summed E-state index contributed by atoms with van der Waals surface area (Å²) in [6, 6.07) is 4.59. The van der Waals surface area contributed by atoms with Crippen LogP contribution < -0.4 is 0 Å². The van der Waals surface area contributed by atoms with E-state index in [4.69, 9.17) is 4.84 Å². The van der Waals surface area contributed by atoms with Crippen molar-refractivity contribution in [1.82, 2.24) is 5.06 Å². The molecular weight excluding hydrogens is 247 g/mol. The Hall–Kier alpha value is -1.56. The van der Waals surface area contributed by atoms with Gasteiger partial charge in [-0.3, -0.25) is 9.63 Å². The van der Waals surface area contributed by atoms with E-state index in [0.29, 0.717) is 18.7 Å². The zero-order valence-corrected chi connectivity index (χ0v) is 9.54. The number of halogens is 3. The molecule has 0 N–H and O–H groups in total. The second kappa shape index (κ2) is 4.97. The van der Waals surface area contributed by atoms with Gasteiger partial charge in [0.25, 0.3) is 5.91 Å². The average Bonchev–Trinajstić information content (AvgIpc) is 2.82. The minimum Gasteiger partial charge on any atom is -0.272 e. The lowest BCUT2D eigenvalue weighted by atomic mass is 10.1. The van der Waals surface area contributed by atoms with Gasteiger partial charge in [0.2, 0.25) is 0 Å². The van der Waals surface area contributed by atoms with Gasteiger partial charge in [0.1, 0.15) is 0 Å². The Kier molecular flexibility index (Phi) is 3.56. The normalized spacial score (nSPS) is 16.1. The molecule has 3 nitrogen and oxygen atoms in total. The van der Waals surface area contributed by atoms with Crippen molar-refractivity contribution < 1.29 is 22.8 Å². The summed E-state index contributed by atoms with van der Waals surface area (Å²) >= 11 is 0. The van der Waals surface area contributed by atoms with Gasteiger partial charge in [-0.1, -0.05) is 12.1 Å². The topological polar surface area (TPSA) is 29.5 Å². The summed E-state index contributed by atoms with van der Waals surface area (Å²) < 4.78 is 37.0. The highest BCUT2D eigenvalue weighted by atomic mass is 19.4. The highest BCUT2D eigenvalue weighted by molar-refractivity contribution is 5.77. The first-order valence-electron chi connectivity index (χ1n) is 5.56. The van der Waals surface area contributed by atoms with Gasteiger partial charge in [-0.15, -0.1) is 0 Å². The van der Waals surface area contributed by atoms with Crippen molar-refractivity contribution in [3.05, 3.63) is 35.4 Å².